The number of aromatic nitrogens is 3. The van der Waals surface area contributed by atoms with E-state index in [1.807, 2.05) is 11.6 Å². The molecule has 5 nitrogen and oxygen atoms in total. The quantitative estimate of drug-likeness (QED) is 0.532. The van der Waals surface area contributed by atoms with Crippen molar-refractivity contribution in [2.45, 2.75) is 55.8 Å². The fourth-order valence-corrected chi connectivity index (χ4v) is 3.05. The third-order valence-corrected chi connectivity index (χ3v) is 4.89. The molecule has 1 aromatic heterocycles. The molecule has 1 aliphatic carbocycles. The van der Waals surface area contributed by atoms with E-state index in [0.29, 0.717) is 6.04 Å². The van der Waals surface area contributed by atoms with Gasteiger partial charge in [-0.2, -0.15) is 0 Å². The van der Waals surface area contributed by atoms with Crippen molar-refractivity contribution in [2.24, 2.45) is 7.05 Å². The van der Waals surface area contributed by atoms with Gasteiger partial charge >= 0.3 is 0 Å². The number of aliphatic hydroxyl groups excluding tert-OH is 1. The third kappa shape index (κ3) is 4.19. The van der Waals surface area contributed by atoms with Gasteiger partial charge in [0.1, 0.15) is 6.33 Å². The van der Waals surface area contributed by atoms with E-state index in [1.54, 1.807) is 18.1 Å². The lowest BCUT2D eigenvalue weighted by Crippen LogP contribution is -2.49. The summed E-state index contributed by atoms with van der Waals surface area (Å²) < 4.78 is 1.94. The lowest BCUT2D eigenvalue weighted by Gasteiger charge is -2.32. The Morgan fingerprint density at radius 1 is 1.58 bits per heavy atom. The number of nitrogens with one attached hydrogen (secondary N) is 1. The summed E-state index contributed by atoms with van der Waals surface area (Å²) in [5, 5.41) is 22.2. The van der Waals surface area contributed by atoms with Crippen LogP contribution in [0.1, 0.15) is 39.0 Å². The van der Waals surface area contributed by atoms with E-state index in [-0.39, 0.29) is 12.1 Å². The van der Waals surface area contributed by atoms with Gasteiger partial charge in [-0.15, -0.1) is 10.2 Å². The Hall–Kier alpha value is -0.590. The van der Waals surface area contributed by atoms with Crippen molar-refractivity contribution in [3.05, 3.63) is 6.33 Å². The van der Waals surface area contributed by atoms with Crippen molar-refractivity contribution in [1.29, 1.82) is 0 Å². The molecule has 0 aliphatic heterocycles. The van der Waals surface area contributed by atoms with Crippen molar-refractivity contribution < 1.29 is 5.11 Å². The van der Waals surface area contributed by atoms with Gasteiger partial charge in [0.15, 0.2) is 5.16 Å². The molecule has 0 amide bonds. The largest absolute Gasteiger partial charge is 0.394 e. The van der Waals surface area contributed by atoms with E-state index in [2.05, 4.69) is 22.4 Å². The number of hydrogen-bond donors (Lipinski definition) is 2. The van der Waals surface area contributed by atoms with E-state index in [0.717, 1.165) is 30.2 Å². The number of aliphatic hydroxyl groups is 1. The van der Waals surface area contributed by atoms with Gasteiger partial charge in [0, 0.05) is 24.4 Å². The number of thioether (sulfide) groups is 1. The molecule has 0 saturated heterocycles. The van der Waals surface area contributed by atoms with Gasteiger partial charge in [0.25, 0.3) is 0 Å². The number of hydrogen-bond acceptors (Lipinski definition) is 5. The normalized spacial score (nSPS) is 18.5. The molecular weight excluding hydrogens is 260 g/mol. The van der Waals surface area contributed by atoms with Crippen LogP contribution >= 0.6 is 11.8 Å². The molecule has 2 N–H and O–H groups in total. The molecule has 108 valence electrons. The van der Waals surface area contributed by atoms with Gasteiger partial charge in [-0.25, -0.2) is 0 Å². The maximum absolute atomic E-state index is 9.68. The minimum absolute atomic E-state index is 0.0817. The molecule has 0 aromatic carbocycles. The second-order valence-electron chi connectivity index (χ2n) is 5.39. The molecule has 19 heavy (non-hydrogen) atoms. The zero-order chi connectivity index (χ0) is 13.7. The van der Waals surface area contributed by atoms with Crippen LogP contribution < -0.4 is 5.32 Å². The summed E-state index contributed by atoms with van der Waals surface area (Å²) >= 11 is 1.73. The maximum atomic E-state index is 9.68. The zero-order valence-electron chi connectivity index (χ0n) is 11.8. The highest BCUT2D eigenvalue weighted by Gasteiger charge is 2.33. The number of nitrogens with zero attached hydrogens (tertiary/aromatic N) is 3. The molecular formula is C13H24N4OS. The molecule has 2 rings (SSSR count). The Labute approximate surface area is 119 Å². The van der Waals surface area contributed by atoms with Crippen LogP contribution in [0.4, 0.5) is 0 Å². The van der Waals surface area contributed by atoms with Crippen LogP contribution in [0.2, 0.25) is 0 Å². The molecule has 1 aromatic rings. The van der Waals surface area contributed by atoms with Crippen LogP contribution in [0.15, 0.2) is 11.5 Å². The summed E-state index contributed by atoms with van der Waals surface area (Å²) in [6, 6.07) is 0.637. The topological polar surface area (TPSA) is 63.0 Å². The zero-order valence-corrected chi connectivity index (χ0v) is 12.6. The molecule has 1 unspecified atom stereocenters. The van der Waals surface area contributed by atoms with E-state index in [9.17, 15) is 5.11 Å². The summed E-state index contributed by atoms with van der Waals surface area (Å²) in [4.78, 5) is 0. The average molecular weight is 284 g/mol. The van der Waals surface area contributed by atoms with Crippen molar-refractivity contribution in [2.75, 3.05) is 12.4 Å². The summed E-state index contributed by atoms with van der Waals surface area (Å²) in [7, 11) is 1.96. The van der Waals surface area contributed by atoms with Gasteiger partial charge in [-0.3, -0.25) is 0 Å². The highest BCUT2D eigenvalue weighted by atomic mass is 32.2. The molecule has 0 spiro atoms. The lowest BCUT2D eigenvalue weighted by molar-refractivity contribution is 0.144. The Bertz CT molecular complexity index is 388. The first-order valence-electron chi connectivity index (χ1n) is 7.04. The standard InChI is InChI=1S/C13H24N4OS/c1-3-13(9-18,15-11-5-6-11)7-4-8-19-12-16-14-10-17(12)2/h10-11,15,18H,3-9H2,1-2H3. The molecule has 6 heteroatoms. The first kappa shape index (κ1) is 14.8. The lowest BCUT2D eigenvalue weighted by atomic mass is 9.91. The average Bonchev–Trinajstić information content (AvgIpc) is 3.15. The van der Waals surface area contributed by atoms with Crippen molar-refractivity contribution in [1.82, 2.24) is 20.1 Å². The second kappa shape index (κ2) is 6.72. The Morgan fingerprint density at radius 2 is 2.37 bits per heavy atom. The van der Waals surface area contributed by atoms with Crippen LogP contribution in [0, 0.1) is 0 Å². The molecule has 1 atom stereocenters. The summed E-state index contributed by atoms with van der Waals surface area (Å²) in [6.07, 6.45) is 7.31. The van der Waals surface area contributed by atoms with E-state index < -0.39 is 0 Å². The van der Waals surface area contributed by atoms with Gasteiger partial charge in [0.2, 0.25) is 0 Å². The SMILES string of the molecule is CCC(CO)(CCCSc1nncn1C)NC1CC1. The fraction of sp³-hybridized carbons (Fsp3) is 0.846. The predicted octanol–water partition coefficient (Wildman–Crippen LogP) is 1.58. The highest BCUT2D eigenvalue weighted by molar-refractivity contribution is 7.99. The highest BCUT2D eigenvalue weighted by Crippen LogP contribution is 2.27. The second-order valence-corrected chi connectivity index (χ2v) is 6.45. The Morgan fingerprint density at radius 3 is 2.89 bits per heavy atom. The van der Waals surface area contributed by atoms with Crippen molar-refractivity contribution in [3.8, 4) is 0 Å². The molecule has 1 heterocycles. The Kier molecular flexibility index (Phi) is 5.24. The van der Waals surface area contributed by atoms with E-state index in [4.69, 9.17) is 0 Å². The summed E-state index contributed by atoms with van der Waals surface area (Å²) in [5.41, 5.74) is -0.0817. The summed E-state index contributed by atoms with van der Waals surface area (Å²) in [5.74, 6) is 1.01. The monoisotopic (exact) mass is 284 g/mol. The minimum atomic E-state index is -0.0817. The predicted molar refractivity (Wildman–Crippen MR) is 77.2 cm³/mol. The van der Waals surface area contributed by atoms with Crippen molar-refractivity contribution in [3.63, 3.8) is 0 Å². The van der Waals surface area contributed by atoms with E-state index in [1.165, 1.54) is 12.8 Å². The fourth-order valence-electron chi connectivity index (χ4n) is 2.23. The smallest absolute Gasteiger partial charge is 0.190 e. The minimum Gasteiger partial charge on any atom is -0.394 e. The van der Waals surface area contributed by atoms with Gasteiger partial charge < -0.3 is 15.0 Å². The van der Waals surface area contributed by atoms with E-state index >= 15 is 0 Å². The number of aryl methyl sites for hydroxylation is 1. The van der Waals surface area contributed by atoms with Gasteiger partial charge in [-0.1, -0.05) is 18.7 Å². The van der Waals surface area contributed by atoms with Crippen LogP contribution in [0.5, 0.6) is 0 Å². The molecule has 1 fully saturated rings. The molecule has 0 radical (unpaired) electrons. The molecule has 1 aliphatic rings. The molecule has 1 saturated carbocycles. The van der Waals surface area contributed by atoms with Crippen molar-refractivity contribution >= 4 is 11.8 Å². The summed E-state index contributed by atoms with van der Waals surface area (Å²) in [6.45, 7) is 2.38. The van der Waals surface area contributed by atoms with Crippen LogP contribution in [0.25, 0.3) is 0 Å². The Balaban J connectivity index is 1.74. The van der Waals surface area contributed by atoms with Gasteiger partial charge in [0.05, 0.1) is 6.61 Å². The van der Waals surface area contributed by atoms with Crippen LogP contribution in [0.3, 0.4) is 0 Å². The van der Waals surface area contributed by atoms with Gasteiger partial charge in [-0.05, 0) is 32.1 Å². The van der Waals surface area contributed by atoms with Crippen LogP contribution in [-0.2, 0) is 7.05 Å². The maximum Gasteiger partial charge on any atom is 0.190 e. The number of rotatable bonds is 9. The first-order chi connectivity index (χ1) is 9.19. The first-order valence-corrected chi connectivity index (χ1v) is 8.03. The third-order valence-electron chi connectivity index (χ3n) is 3.77. The van der Waals surface area contributed by atoms with Crippen LogP contribution in [-0.4, -0.2) is 43.8 Å². The molecule has 0 bridgehead atoms.